The quantitative estimate of drug-likeness (QED) is 0.560. The first-order chi connectivity index (χ1) is 9.34. The molecule has 0 aromatic rings. The molecule has 1 aliphatic heterocycles. The number of nitrogens with one attached hydrogen (secondary N) is 1. The number of β-amino-alcohol motifs (C(OH)–C–C–N with tert-alkyl or cyclic N) is 2. The van der Waals surface area contributed by atoms with E-state index in [1.165, 1.54) is 4.90 Å². The van der Waals surface area contributed by atoms with E-state index in [1.807, 2.05) is 6.92 Å². The van der Waals surface area contributed by atoms with Crippen molar-refractivity contribution in [3.05, 3.63) is 0 Å². The van der Waals surface area contributed by atoms with Crippen molar-refractivity contribution in [3.63, 3.8) is 0 Å². The predicted molar refractivity (Wildman–Crippen MR) is 70.1 cm³/mol. The monoisotopic (exact) mass is 286 g/mol. The second-order valence-corrected chi connectivity index (χ2v) is 6.06. The summed E-state index contributed by atoms with van der Waals surface area (Å²) in [4.78, 5) is 25.0. The zero-order valence-electron chi connectivity index (χ0n) is 11.6. The third-order valence-corrected chi connectivity index (χ3v) is 4.30. The normalized spacial score (nSPS) is 37.8. The van der Waals surface area contributed by atoms with Gasteiger partial charge in [-0.3, -0.25) is 0 Å². The molecule has 2 fully saturated rings. The highest BCUT2D eigenvalue weighted by molar-refractivity contribution is 5.86. The molecule has 7 heteroatoms. The van der Waals surface area contributed by atoms with Crippen LogP contribution in [0.5, 0.6) is 0 Å². The van der Waals surface area contributed by atoms with Gasteiger partial charge in [-0.05, 0) is 18.8 Å². The molecule has 7 nitrogen and oxygen atoms in total. The van der Waals surface area contributed by atoms with E-state index in [0.29, 0.717) is 12.8 Å². The lowest BCUT2D eigenvalue weighted by Crippen LogP contribution is -2.59. The SMILES string of the molecule is CC1CCCC(NC(=O)N2CC(O)C(O)C2)(C(=O)O)C1. The number of aliphatic hydroxyl groups is 2. The zero-order chi connectivity index (χ0) is 14.9. The number of amides is 2. The van der Waals surface area contributed by atoms with Gasteiger partial charge in [-0.2, -0.15) is 0 Å². The van der Waals surface area contributed by atoms with Gasteiger partial charge < -0.3 is 25.5 Å². The van der Waals surface area contributed by atoms with Crippen molar-refractivity contribution in [1.29, 1.82) is 0 Å². The molecule has 0 bridgehead atoms. The van der Waals surface area contributed by atoms with Crippen molar-refractivity contribution in [2.24, 2.45) is 5.92 Å². The van der Waals surface area contributed by atoms with Crippen LogP contribution in [0.15, 0.2) is 0 Å². The number of carboxylic acid groups (broad SMARTS) is 1. The van der Waals surface area contributed by atoms with Gasteiger partial charge in [0.15, 0.2) is 0 Å². The van der Waals surface area contributed by atoms with Crippen molar-refractivity contribution < 1.29 is 24.9 Å². The number of aliphatic hydroxyl groups excluding tert-OH is 2. The number of nitrogens with zero attached hydrogens (tertiary/aromatic N) is 1. The van der Waals surface area contributed by atoms with Gasteiger partial charge in [0.05, 0.1) is 25.3 Å². The second kappa shape index (κ2) is 5.57. The molecular weight excluding hydrogens is 264 g/mol. The van der Waals surface area contributed by atoms with Crippen LogP contribution in [-0.2, 0) is 4.79 Å². The molecule has 1 heterocycles. The number of hydrogen-bond donors (Lipinski definition) is 4. The maximum Gasteiger partial charge on any atom is 0.329 e. The molecular formula is C13H22N2O5. The highest BCUT2D eigenvalue weighted by Gasteiger charge is 2.45. The average Bonchev–Trinajstić information content (AvgIpc) is 2.69. The topological polar surface area (TPSA) is 110 Å². The Labute approximate surface area is 117 Å². The fourth-order valence-electron chi connectivity index (χ4n) is 3.13. The largest absolute Gasteiger partial charge is 0.480 e. The fraction of sp³-hybridized carbons (Fsp3) is 0.846. The van der Waals surface area contributed by atoms with Crippen LogP contribution in [0.2, 0.25) is 0 Å². The molecule has 0 aromatic carbocycles. The van der Waals surface area contributed by atoms with Gasteiger partial charge in [-0.1, -0.05) is 19.8 Å². The smallest absolute Gasteiger partial charge is 0.329 e. The summed E-state index contributed by atoms with van der Waals surface area (Å²) >= 11 is 0. The Morgan fingerprint density at radius 1 is 1.25 bits per heavy atom. The van der Waals surface area contributed by atoms with Crippen LogP contribution in [0.3, 0.4) is 0 Å². The van der Waals surface area contributed by atoms with Gasteiger partial charge in [0.25, 0.3) is 0 Å². The lowest BCUT2D eigenvalue weighted by Gasteiger charge is -2.38. The second-order valence-electron chi connectivity index (χ2n) is 6.06. The molecule has 1 saturated carbocycles. The van der Waals surface area contributed by atoms with Gasteiger partial charge >= 0.3 is 12.0 Å². The van der Waals surface area contributed by atoms with Crippen molar-refractivity contribution in [2.75, 3.05) is 13.1 Å². The van der Waals surface area contributed by atoms with Crippen molar-refractivity contribution in [2.45, 2.75) is 50.4 Å². The predicted octanol–water partition coefficient (Wildman–Crippen LogP) is -0.233. The third-order valence-electron chi connectivity index (χ3n) is 4.30. The summed E-state index contributed by atoms with van der Waals surface area (Å²) in [6.45, 7) is 2.03. The Morgan fingerprint density at radius 2 is 1.85 bits per heavy atom. The molecule has 0 spiro atoms. The number of carbonyl (C=O) groups excluding carboxylic acids is 1. The number of urea groups is 1. The average molecular weight is 286 g/mol. The Hall–Kier alpha value is -1.34. The summed E-state index contributed by atoms with van der Waals surface area (Å²) in [5.74, 6) is -0.771. The first-order valence-electron chi connectivity index (χ1n) is 7.01. The van der Waals surface area contributed by atoms with Gasteiger partial charge in [0, 0.05) is 0 Å². The number of carbonyl (C=O) groups is 2. The summed E-state index contributed by atoms with van der Waals surface area (Å²) in [5, 5.41) is 31.0. The van der Waals surface area contributed by atoms with Crippen LogP contribution in [0.25, 0.3) is 0 Å². The highest BCUT2D eigenvalue weighted by atomic mass is 16.4. The van der Waals surface area contributed by atoms with E-state index in [4.69, 9.17) is 0 Å². The lowest BCUT2D eigenvalue weighted by molar-refractivity contribution is -0.146. The molecule has 2 rings (SSSR count). The molecule has 4 atom stereocenters. The zero-order valence-corrected chi connectivity index (χ0v) is 11.6. The maximum atomic E-state index is 12.2. The van der Waals surface area contributed by atoms with E-state index < -0.39 is 29.7 Å². The summed E-state index contributed by atoms with van der Waals surface area (Å²) in [5.41, 5.74) is -1.23. The molecule has 1 aliphatic carbocycles. The molecule has 2 aliphatic rings. The Bertz CT molecular complexity index is 392. The standard InChI is InChI=1S/C13H22N2O5/c1-8-3-2-4-13(5-8,11(18)19)14-12(20)15-6-9(16)10(17)7-15/h8-10,16-17H,2-7H2,1H3,(H,14,20)(H,18,19). The van der Waals surface area contributed by atoms with E-state index in [-0.39, 0.29) is 19.0 Å². The molecule has 114 valence electrons. The Morgan fingerprint density at radius 3 is 2.35 bits per heavy atom. The first kappa shape index (κ1) is 15.1. The third kappa shape index (κ3) is 2.88. The molecule has 20 heavy (non-hydrogen) atoms. The van der Waals surface area contributed by atoms with Crippen LogP contribution in [0.4, 0.5) is 4.79 Å². The highest BCUT2D eigenvalue weighted by Crippen LogP contribution is 2.33. The van der Waals surface area contributed by atoms with E-state index in [0.717, 1.165) is 12.8 Å². The summed E-state index contributed by atoms with van der Waals surface area (Å²) in [6.07, 6.45) is 0.619. The van der Waals surface area contributed by atoms with E-state index in [1.54, 1.807) is 0 Å². The van der Waals surface area contributed by atoms with E-state index >= 15 is 0 Å². The van der Waals surface area contributed by atoms with Crippen molar-refractivity contribution >= 4 is 12.0 Å². The number of aliphatic carboxylic acids is 1. The van der Waals surface area contributed by atoms with Crippen LogP contribution in [-0.4, -0.2) is 63.1 Å². The van der Waals surface area contributed by atoms with Crippen LogP contribution in [0.1, 0.15) is 32.6 Å². The van der Waals surface area contributed by atoms with E-state index in [2.05, 4.69) is 5.32 Å². The number of likely N-dealkylation sites (tertiary alicyclic amines) is 1. The minimum Gasteiger partial charge on any atom is -0.480 e. The molecule has 4 N–H and O–H groups in total. The number of rotatable bonds is 2. The van der Waals surface area contributed by atoms with Gasteiger partial charge in [0.1, 0.15) is 5.54 Å². The summed E-state index contributed by atoms with van der Waals surface area (Å²) in [6, 6.07) is -0.530. The number of carboxylic acids is 1. The minimum atomic E-state index is -1.23. The minimum absolute atomic E-state index is 0.0260. The maximum absolute atomic E-state index is 12.2. The molecule has 0 radical (unpaired) electrons. The van der Waals surface area contributed by atoms with Crippen LogP contribution in [0, 0.1) is 5.92 Å². The van der Waals surface area contributed by atoms with E-state index in [9.17, 15) is 24.9 Å². The van der Waals surface area contributed by atoms with Crippen molar-refractivity contribution in [1.82, 2.24) is 10.2 Å². The molecule has 0 aromatic heterocycles. The van der Waals surface area contributed by atoms with Gasteiger partial charge in [-0.25, -0.2) is 9.59 Å². The lowest BCUT2D eigenvalue weighted by atomic mass is 9.76. The van der Waals surface area contributed by atoms with Gasteiger partial charge in [0.2, 0.25) is 0 Å². The number of hydrogen-bond acceptors (Lipinski definition) is 4. The Balaban J connectivity index is 2.05. The summed E-state index contributed by atoms with van der Waals surface area (Å²) < 4.78 is 0. The van der Waals surface area contributed by atoms with Crippen LogP contribution >= 0.6 is 0 Å². The fourth-order valence-corrected chi connectivity index (χ4v) is 3.13. The van der Waals surface area contributed by atoms with Gasteiger partial charge in [-0.15, -0.1) is 0 Å². The molecule has 1 saturated heterocycles. The summed E-state index contributed by atoms with van der Waals surface area (Å²) in [7, 11) is 0. The molecule has 4 unspecified atom stereocenters. The molecule has 2 amide bonds. The van der Waals surface area contributed by atoms with Crippen LogP contribution < -0.4 is 5.32 Å². The van der Waals surface area contributed by atoms with Crippen molar-refractivity contribution in [3.8, 4) is 0 Å². The first-order valence-corrected chi connectivity index (χ1v) is 7.01. The Kier molecular flexibility index (Phi) is 4.19.